The molecule has 0 saturated carbocycles. The first kappa shape index (κ1) is 13.6. The zero-order valence-corrected chi connectivity index (χ0v) is 12.0. The molecule has 3 rings (SSSR count). The second kappa shape index (κ2) is 5.55. The van der Waals surface area contributed by atoms with Gasteiger partial charge in [0, 0.05) is 19.1 Å². The van der Waals surface area contributed by atoms with Crippen LogP contribution in [0.3, 0.4) is 0 Å². The fraction of sp³-hybridized carbons (Fsp3) is 0.538. The molecule has 1 fully saturated rings. The van der Waals surface area contributed by atoms with Crippen molar-refractivity contribution < 1.29 is 9.52 Å². The van der Waals surface area contributed by atoms with Crippen LogP contribution in [0.4, 0.5) is 6.01 Å². The first-order valence-corrected chi connectivity index (χ1v) is 7.12. The van der Waals surface area contributed by atoms with Gasteiger partial charge in [-0.25, -0.2) is 4.98 Å². The largest absolute Gasteiger partial charge is 0.422 e. The Hall–Kier alpha value is -1.37. The summed E-state index contributed by atoms with van der Waals surface area (Å²) in [5, 5.41) is 13.5. The number of anilines is 1. The van der Waals surface area contributed by atoms with Crippen molar-refractivity contribution in [1.82, 2.24) is 14.9 Å². The second-order valence-electron chi connectivity index (χ2n) is 5.06. The number of rotatable bonds is 3. The molecule has 7 heteroatoms. The summed E-state index contributed by atoms with van der Waals surface area (Å²) in [7, 11) is 0. The van der Waals surface area contributed by atoms with E-state index in [9.17, 15) is 5.11 Å². The van der Waals surface area contributed by atoms with Gasteiger partial charge in [0.2, 0.25) is 5.65 Å². The summed E-state index contributed by atoms with van der Waals surface area (Å²) in [6.07, 6.45) is 0.363. The minimum Gasteiger partial charge on any atom is -0.422 e. The number of nitrogens with zero attached hydrogens (tertiary/aromatic N) is 3. The molecular weight excluding hydrogens is 280 g/mol. The van der Waals surface area contributed by atoms with E-state index in [0.717, 1.165) is 19.6 Å². The highest BCUT2D eigenvalue weighted by Crippen LogP contribution is 2.21. The Morgan fingerprint density at radius 3 is 3.10 bits per heavy atom. The normalized spacial score (nSPS) is 24.1. The van der Waals surface area contributed by atoms with E-state index >= 15 is 0 Å². The number of aliphatic hydroxyl groups is 1. The molecule has 2 atom stereocenters. The standard InChI is InChI=1S/C13H17ClN4O2/c1-2-18-6-8(5-9(19)7-18)15-13-17-12-10(20-13)3-4-11(14)16-12/h3-4,8-9,19H,2,5-7H2,1H3,(H,15,16,17)/t8?,9-/m1/s1. The van der Waals surface area contributed by atoms with Gasteiger partial charge in [-0.05, 0) is 25.1 Å². The van der Waals surface area contributed by atoms with Gasteiger partial charge in [0.05, 0.1) is 6.10 Å². The smallest absolute Gasteiger partial charge is 0.297 e. The molecule has 0 radical (unpaired) electrons. The highest BCUT2D eigenvalue weighted by atomic mass is 35.5. The molecule has 0 aromatic carbocycles. The Labute approximate surface area is 121 Å². The van der Waals surface area contributed by atoms with E-state index in [-0.39, 0.29) is 12.1 Å². The lowest BCUT2D eigenvalue weighted by atomic mass is 10.0. The molecule has 2 aromatic rings. The van der Waals surface area contributed by atoms with Gasteiger partial charge in [-0.1, -0.05) is 18.5 Å². The molecule has 1 saturated heterocycles. The van der Waals surface area contributed by atoms with Crippen LogP contribution in [-0.4, -0.2) is 51.8 Å². The van der Waals surface area contributed by atoms with E-state index in [1.54, 1.807) is 12.1 Å². The zero-order chi connectivity index (χ0) is 14.1. The number of piperidine rings is 1. The van der Waals surface area contributed by atoms with Crippen LogP contribution in [-0.2, 0) is 0 Å². The van der Waals surface area contributed by atoms with E-state index in [0.29, 0.717) is 28.8 Å². The molecule has 3 heterocycles. The van der Waals surface area contributed by atoms with Crippen LogP contribution in [0.15, 0.2) is 16.5 Å². The summed E-state index contributed by atoms with van der Waals surface area (Å²) < 4.78 is 5.59. The molecule has 2 N–H and O–H groups in total. The Kier molecular flexibility index (Phi) is 3.78. The number of fused-ring (bicyclic) bond motifs is 1. The number of β-amino-alcohol motifs (C(OH)–C–C–N with tert-alkyl or cyclic N) is 1. The Bertz CT molecular complexity index is 603. The summed E-state index contributed by atoms with van der Waals surface area (Å²) in [5.41, 5.74) is 1.09. The topological polar surface area (TPSA) is 74.4 Å². The van der Waals surface area contributed by atoms with Gasteiger partial charge in [-0.15, -0.1) is 0 Å². The van der Waals surface area contributed by atoms with Crippen molar-refractivity contribution in [1.29, 1.82) is 0 Å². The lowest BCUT2D eigenvalue weighted by molar-refractivity contribution is 0.0667. The number of likely N-dealkylation sites (N-methyl/N-ethyl adjacent to an activating group) is 1. The monoisotopic (exact) mass is 296 g/mol. The predicted molar refractivity (Wildman–Crippen MR) is 77.0 cm³/mol. The van der Waals surface area contributed by atoms with Crippen molar-refractivity contribution in [2.75, 3.05) is 25.0 Å². The molecule has 0 aliphatic carbocycles. The minimum absolute atomic E-state index is 0.113. The first-order chi connectivity index (χ1) is 9.64. The molecule has 1 aliphatic rings. The van der Waals surface area contributed by atoms with Crippen molar-refractivity contribution in [3.8, 4) is 0 Å². The average molecular weight is 297 g/mol. The van der Waals surface area contributed by atoms with Crippen LogP contribution >= 0.6 is 11.6 Å². The van der Waals surface area contributed by atoms with Gasteiger partial charge < -0.3 is 14.8 Å². The van der Waals surface area contributed by atoms with Gasteiger partial charge in [0.25, 0.3) is 6.01 Å². The van der Waals surface area contributed by atoms with E-state index < -0.39 is 0 Å². The molecule has 108 valence electrons. The van der Waals surface area contributed by atoms with Crippen LogP contribution in [0, 0.1) is 0 Å². The minimum atomic E-state index is -0.321. The lowest BCUT2D eigenvalue weighted by Crippen LogP contribution is -2.48. The van der Waals surface area contributed by atoms with Gasteiger partial charge in [-0.3, -0.25) is 4.90 Å². The molecular formula is C13H17ClN4O2. The van der Waals surface area contributed by atoms with Crippen LogP contribution in [0.25, 0.3) is 11.2 Å². The fourth-order valence-corrected chi connectivity index (χ4v) is 2.70. The summed E-state index contributed by atoms with van der Waals surface area (Å²) >= 11 is 5.82. The number of pyridine rings is 1. The predicted octanol–water partition coefficient (Wildman–Crippen LogP) is 1.74. The van der Waals surface area contributed by atoms with E-state index in [2.05, 4.69) is 27.1 Å². The van der Waals surface area contributed by atoms with Crippen molar-refractivity contribution in [3.05, 3.63) is 17.3 Å². The fourth-order valence-electron chi connectivity index (χ4n) is 2.56. The first-order valence-electron chi connectivity index (χ1n) is 6.74. The molecule has 6 nitrogen and oxygen atoms in total. The average Bonchev–Trinajstić information content (AvgIpc) is 2.79. The van der Waals surface area contributed by atoms with E-state index in [4.69, 9.17) is 16.0 Å². The van der Waals surface area contributed by atoms with Gasteiger partial charge in [0.1, 0.15) is 5.15 Å². The van der Waals surface area contributed by atoms with Crippen LogP contribution in [0.1, 0.15) is 13.3 Å². The number of hydrogen-bond donors (Lipinski definition) is 2. The second-order valence-corrected chi connectivity index (χ2v) is 5.44. The van der Waals surface area contributed by atoms with Crippen molar-refractivity contribution in [3.63, 3.8) is 0 Å². The zero-order valence-electron chi connectivity index (χ0n) is 11.2. The third-order valence-electron chi connectivity index (χ3n) is 3.50. The van der Waals surface area contributed by atoms with Gasteiger partial charge in [-0.2, -0.15) is 4.98 Å². The number of likely N-dealkylation sites (tertiary alicyclic amines) is 1. The molecule has 20 heavy (non-hydrogen) atoms. The number of hydrogen-bond acceptors (Lipinski definition) is 6. The lowest BCUT2D eigenvalue weighted by Gasteiger charge is -2.34. The number of aromatic nitrogens is 2. The van der Waals surface area contributed by atoms with Crippen LogP contribution in [0.5, 0.6) is 0 Å². The maximum atomic E-state index is 9.87. The maximum absolute atomic E-state index is 9.87. The van der Waals surface area contributed by atoms with Crippen molar-refractivity contribution in [2.45, 2.75) is 25.5 Å². The number of halogens is 1. The molecule has 2 aromatic heterocycles. The Morgan fingerprint density at radius 2 is 2.30 bits per heavy atom. The van der Waals surface area contributed by atoms with Crippen molar-refractivity contribution in [2.24, 2.45) is 0 Å². The number of nitrogens with one attached hydrogen (secondary N) is 1. The summed E-state index contributed by atoms with van der Waals surface area (Å²) in [6, 6.07) is 3.95. The van der Waals surface area contributed by atoms with Crippen molar-refractivity contribution >= 4 is 28.8 Å². The Balaban J connectivity index is 1.75. The molecule has 0 amide bonds. The van der Waals surface area contributed by atoms with Crippen LogP contribution in [0.2, 0.25) is 5.15 Å². The maximum Gasteiger partial charge on any atom is 0.297 e. The third-order valence-corrected chi connectivity index (χ3v) is 3.71. The number of oxazole rings is 1. The van der Waals surface area contributed by atoms with Gasteiger partial charge >= 0.3 is 0 Å². The summed E-state index contributed by atoms with van der Waals surface area (Å²) in [5.74, 6) is 0. The van der Waals surface area contributed by atoms with E-state index in [1.807, 2.05) is 0 Å². The Morgan fingerprint density at radius 1 is 1.45 bits per heavy atom. The van der Waals surface area contributed by atoms with E-state index in [1.165, 1.54) is 0 Å². The molecule has 0 spiro atoms. The third kappa shape index (κ3) is 2.87. The molecule has 1 aliphatic heterocycles. The highest BCUT2D eigenvalue weighted by molar-refractivity contribution is 6.29. The summed E-state index contributed by atoms with van der Waals surface area (Å²) in [4.78, 5) is 10.6. The quantitative estimate of drug-likeness (QED) is 0.841. The van der Waals surface area contributed by atoms with Gasteiger partial charge in [0.15, 0.2) is 5.58 Å². The molecule has 0 bridgehead atoms. The highest BCUT2D eigenvalue weighted by Gasteiger charge is 2.26. The van der Waals surface area contributed by atoms with Crippen LogP contribution < -0.4 is 5.32 Å². The SMILES string of the molecule is CCN1CC(Nc2nc3nc(Cl)ccc3o2)C[C@@H](O)C1. The summed E-state index contributed by atoms with van der Waals surface area (Å²) in [6.45, 7) is 4.58. The number of aliphatic hydroxyl groups excluding tert-OH is 1. The molecule has 1 unspecified atom stereocenters.